The summed E-state index contributed by atoms with van der Waals surface area (Å²) in [6.45, 7) is 3.05. The number of carbonyl (C=O) groups excluding carboxylic acids is 2. The first-order valence-corrected chi connectivity index (χ1v) is 14.4. The van der Waals surface area contributed by atoms with Gasteiger partial charge in [0.1, 0.15) is 18.3 Å². The van der Waals surface area contributed by atoms with E-state index in [-0.39, 0.29) is 33.1 Å². The number of nitrogens with one attached hydrogen (secondary N) is 1. The minimum absolute atomic E-state index is 0.0189. The Morgan fingerprint density at radius 2 is 1.72 bits per heavy atom. The van der Waals surface area contributed by atoms with E-state index in [9.17, 15) is 18.0 Å². The van der Waals surface area contributed by atoms with Crippen LogP contribution in [0, 0.1) is 6.92 Å². The van der Waals surface area contributed by atoms with Gasteiger partial charge in [-0.1, -0.05) is 60.0 Å². The second kappa shape index (κ2) is 13.2. The quantitative estimate of drug-likeness (QED) is 0.336. The van der Waals surface area contributed by atoms with Crippen LogP contribution in [0.25, 0.3) is 0 Å². The third kappa shape index (κ3) is 7.23. The molecule has 3 aromatic rings. The lowest BCUT2D eigenvalue weighted by Crippen LogP contribution is -2.51. The van der Waals surface area contributed by atoms with Crippen LogP contribution in [-0.2, 0) is 26.2 Å². The average Bonchev–Trinajstić information content (AvgIpc) is 2.93. The van der Waals surface area contributed by atoms with E-state index in [1.54, 1.807) is 43.3 Å². The number of likely N-dealkylation sites (N-methyl/N-ethyl adjacent to an activating group) is 1. The van der Waals surface area contributed by atoms with Crippen LogP contribution in [0.1, 0.15) is 24.5 Å². The molecule has 0 aliphatic carbocycles. The summed E-state index contributed by atoms with van der Waals surface area (Å²) in [6, 6.07) is 16.9. The standard InChI is InChI=1S/C28H31Cl2N3O5S/c1-5-25(28(35)31-3)32(17-20-7-6-8-22(15-20)38-4)27(34)18-33(26-16-21(29)11-14-24(26)30)39(36,37)23-12-9-19(2)10-13-23/h6-16,25H,5,17-18H2,1-4H3,(H,31,35)/t25-/m1/s1. The first-order chi connectivity index (χ1) is 18.5. The Kier molecular flexibility index (Phi) is 10.2. The number of benzene rings is 3. The summed E-state index contributed by atoms with van der Waals surface area (Å²) in [5.41, 5.74) is 1.63. The number of hydrogen-bond acceptors (Lipinski definition) is 5. The molecule has 0 radical (unpaired) electrons. The van der Waals surface area contributed by atoms with Crippen molar-refractivity contribution in [3.63, 3.8) is 0 Å². The van der Waals surface area contributed by atoms with Gasteiger partial charge in [0.2, 0.25) is 11.8 Å². The van der Waals surface area contributed by atoms with Crippen LogP contribution in [0.2, 0.25) is 10.0 Å². The van der Waals surface area contributed by atoms with Crippen LogP contribution < -0.4 is 14.4 Å². The fraction of sp³-hybridized carbons (Fsp3) is 0.286. The summed E-state index contributed by atoms with van der Waals surface area (Å²) in [5, 5.41) is 2.94. The number of methoxy groups -OCH3 is 1. The summed E-state index contributed by atoms with van der Waals surface area (Å²) in [4.78, 5) is 28.1. The maximum absolute atomic E-state index is 14.0. The Morgan fingerprint density at radius 1 is 1.03 bits per heavy atom. The van der Waals surface area contributed by atoms with Crippen LogP contribution in [0.4, 0.5) is 5.69 Å². The summed E-state index contributed by atoms with van der Waals surface area (Å²) < 4.78 is 34.0. The first kappa shape index (κ1) is 30.3. The number of halogens is 2. The molecule has 0 aromatic heterocycles. The summed E-state index contributed by atoms with van der Waals surface area (Å²) >= 11 is 12.6. The largest absolute Gasteiger partial charge is 0.497 e. The van der Waals surface area contributed by atoms with Gasteiger partial charge in [0, 0.05) is 18.6 Å². The number of aryl methyl sites for hydroxylation is 1. The van der Waals surface area contributed by atoms with Gasteiger partial charge in [-0.05, 0) is 61.4 Å². The fourth-order valence-electron chi connectivity index (χ4n) is 4.08. The molecular formula is C28H31Cl2N3O5S. The molecular weight excluding hydrogens is 561 g/mol. The van der Waals surface area contributed by atoms with Gasteiger partial charge < -0.3 is 15.0 Å². The third-order valence-electron chi connectivity index (χ3n) is 6.18. The highest BCUT2D eigenvalue weighted by atomic mass is 35.5. The van der Waals surface area contributed by atoms with E-state index < -0.39 is 28.5 Å². The molecule has 0 saturated carbocycles. The minimum Gasteiger partial charge on any atom is -0.497 e. The highest BCUT2D eigenvalue weighted by molar-refractivity contribution is 7.92. The molecule has 0 spiro atoms. The fourth-order valence-corrected chi connectivity index (χ4v) is 5.94. The monoisotopic (exact) mass is 591 g/mol. The average molecular weight is 593 g/mol. The van der Waals surface area contributed by atoms with Crippen molar-refractivity contribution in [3.05, 3.63) is 87.9 Å². The molecule has 0 saturated heterocycles. The number of ether oxygens (including phenoxy) is 1. The molecule has 0 fully saturated rings. The number of anilines is 1. The lowest BCUT2D eigenvalue weighted by atomic mass is 10.1. The summed E-state index contributed by atoms with van der Waals surface area (Å²) in [5.74, 6) is -0.385. The highest BCUT2D eigenvalue weighted by Gasteiger charge is 2.34. The van der Waals surface area contributed by atoms with Crippen molar-refractivity contribution >= 4 is 50.7 Å². The molecule has 39 heavy (non-hydrogen) atoms. The number of carbonyl (C=O) groups is 2. The van der Waals surface area contributed by atoms with Crippen LogP contribution in [0.3, 0.4) is 0 Å². The molecule has 0 bridgehead atoms. The van der Waals surface area contributed by atoms with Crippen molar-refractivity contribution in [1.29, 1.82) is 0 Å². The number of nitrogens with zero attached hydrogens (tertiary/aromatic N) is 2. The van der Waals surface area contributed by atoms with Gasteiger partial charge in [0.05, 0.1) is 22.7 Å². The van der Waals surface area contributed by atoms with Gasteiger partial charge in [-0.25, -0.2) is 8.42 Å². The lowest BCUT2D eigenvalue weighted by Gasteiger charge is -2.33. The van der Waals surface area contributed by atoms with Crippen molar-refractivity contribution in [1.82, 2.24) is 10.2 Å². The molecule has 8 nitrogen and oxygen atoms in total. The third-order valence-corrected chi connectivity index (χ3v) is 8.51. The highest BCUT2D eigenvalue weighted by Crippen LogP contribution is 2.33. The zero-order chi connectivity index (χ0) is 28.7. The van der Waals surface area contributed by atoms with E-state index in [1.165, 1.54) is 49.4 Å². The van der Waals surface area contributed by atoms with Crippen molar-refractivity contribution in [2.75, 3.05) is 25.0 Å². The molecule has 3 rings (SSSR count). The molecule has 208 valence electrons. The second-order valence-corrected chi connectivity index (χ2v) is 11.5. The van der Waals surface area contributed by atoms with Gasteiger partial charge in [-0.3, -0.25) is 13.9 Å². The normalized spacial score (nSPS) is 11.9. The van der Waals surface area contributed by atoms with Crippen LogP contribution in [-0.4, -0.2) is 51.9 Å². The van der Waals surface area contributed by atoms with Gasteiger partial charge >= 0.3 is 0 Å². The molecule has 11 heteroatoms. The van der Waals surface area contributed by atoms with E-state index in [0.29, 0.717) is 17.7 Å². The summed E-state index contributed by atoms with van der Waals surface area (Å²) in [7, 11) is -1.24. The second-order valence-electron chi connectivity index (χ2n) is 8.83. The number of amides is 2. The number of rotatable bonds is 11. The van der Waals surface area contributed by atoms with Gasteiger partial charge in [-0.2, -0.15) is 0 Å². The topological polar surface area (TPSA) is 96.0 Å². The van der Waals surface area contributed by atoms with E-state index >= 15 is 0 Å². The molecule has 0 heterocycles. The molecule has 2 amide bonds. The molecule has 3 aromatic carbocycles. The van der Waals surface area contributed by atoms with Crippen molar-refractivity contribution in [2.24, 2.45) is 0 Å². The van der Waals surface area contributed by atoms with Crippen molar-refractivity contribution in [2.45, 2.75) is 37.8 Å². The molecule has 1 atom stereocenters. The number of hydrogen-bond donors (Lipinski definition) is 1. The van der Waals surface area contributed by atoms with Crippen molar-refractivity contribution < 1.29 is 22.7 Å². The van der Waals surface area contributed by atoms with Crippen LogP contribution in [0.15, 0.2) is 71.6 Å². The van der Waals surface area contributed by atoms with Crippen molar-refractivity contribution in [3.8, 4) is 5.75 Å². The van der Waals surface area contributed by atoms with Gasteiger partial charge in [-0.15, -0.1) is 0 Å². The Balaban J connectivity index is 2.11. The van der Waals surface area contributed by atoms with E-state index in [4.69, 9.17) is 27.9 Å². The Morgan fingerprint density at radius 3 is 2.33 bits per heavy atom. The predicted octanol–water partition coefficient (Wildman–Crippen LogP) is 5.06. The zero-order valence-electron chi connectivity index (χ0n) is 22.1. The van der Waals surface area contributed by atoms with Gasteiger partial charge in [0.15, 0.2) is 0 Å². The maximum atomic E-state index is 14.0. The zero-order valence-corrected chi connectivity index (χ0v) is 24.5. The SMILES string of the molecule is CC[C@H](C(=O)NC)N(Cc1cccc(OC)c1)C(=O)CN(c1cc(Cl)ccc1Cl)S(=O)(=O)c1ccc(C)cc1. The van der Waals surface area contributed by atoms with E-state index in [1.807, 2.05) is 6.92 Å². The molecule has 0 unspecified atom stereocenters. The Labute approximate surface area is 239 Å². The predicted molar refractivity (Wildman–Crippen MR) is 154 cm³/mol. The molecule has 0 aliphatic rings. The van der Waals surface area contributed by atoms with Crippen LogP contribution >= 0.6 is 23.2 Å². The smallest absolute Gasteiger partial charge is 0.264 e. The van der Waals surface area contributed by atoms with E-state index in [2.05, 4.69) is 5.32 Å². The van der Waals surface area contributed by atoms with Gasteiger partial charge in [0.25, 0.3) is 10.0 Å². The minimum atomic E-state index is -4.26. The Bertz CT molecular complexity index is 1430. The number of sulfonamides is 1. The maximum Gasteiger partial charge on any atom is 0.264 e. The first-order valence-electron chi connectivity index (χ1n) is 12.2. The molecule has 1 N–H and O–H groups in total. The molecule has 0 aliphatic heterocycles. The van der Waals surface area contributed by atoms with Crippen LogP contribution in [0.5, 0.6) is 5.75 Å². The van der Waals surface area contributed by atoms with E-state index in [0.717, 1.165) is 9.87 Å². The lowest BCUT2D eigenvalue weighted by molar-refractivity contribution is -0.140. The summed E-state index contributed by atoms with van der Waals surface area (Å²) in [6.07, 6.45) is 0.304. The Hall–Kier alpha value is -3.27.